The molecule has 0 saturated heterocycles. The number of nitrogens with two attached hydrogens (primary N) is 1. The largest absolute Gasteiger partial charge is 0.479 e. The van der Waals surface area contributed by atoms with Crippen molar-refractivity contribution in [3.8, 4) is 5.75 Å². The second kappa shape index (κ2) is 8.14. The summed E-state index contributed by atoms with van der Waals surface area (Å²) in [6.07, 6.45) is 2.33. The van der Waals surface area contributed by atoms with E-state index in [9.17, 15) is 9.59 Å². The maximum Gasteiger partial charge on any atom is 0.335 e. The van der Waals surface area contributed by atoms with Crippen molar-refractivity contribution in [3.05, 3.63) is 23.8 Å². The van der Waals surface area contributed by atoms with Crippen LogP contribution >= 0.6 is 0 Å². The summed E-state index contributed by atoms with van der Waals surface area (Å²) in [7, 11) is 0. The molecule has 0 radical (unpaired) electrons. The zero-order chi connectivity index (χ0) is 15.8. The Morgan fingerprint density at radius 1 is 1.38 bits per heavy atom. The fraction of sp³-hybridized carbons (Fsp3) is 0.467. The normalized spacial score (nSPS) is 11.7. The molecule has 116 valence electrons. The number of hydrogen-bond donors (Lipinski definition) is 3. The first-order valence-corrected chi connectivity index (χ1v) is 7.03. The lowest BCUT2D eigenvalue weighted by Crippen LogP contribution is -2.37. The first kappa shape index (κ1) is 16.8. The first-order chi connectivity index (χ1) is 9.95. The number of benzene rings is 1. The standard InChI is InChI=1S/C15H22N2O4/c1-3-4-5-8-17-14(18)10(2)21-13-9-11(15(19)20)6-7-12(13)16/h6-7,9-10H,3-5,8,16H2,1-2H3,(H,17,18)(H,19,20). The van der Waals surface area contributed by atoms with Gasteiger partial charge in [-0.15, -0.1) is 0 Å². The van der Waals surface area contributed by atoms with E-state index in [1.165, 1.54) is 18.2 Å². The molecular weight excluding hydrogens is 272 g/mol. The van der Waals surface area contributed by atoms with Crippen LogP contribution in [0.4, 0.5) is 5.69 Å². The van der Waals surface area contributed by atoms with Gasteiger partial charge in [-0.25, -0.2) is 4.79 Å². The topological polar surface area (TPSA) is 102 Å². The number of ether oxygens (including phenoxy) is 1. The van der Waals surface area contributed by atoms with Crippen LogP contribution in [0.5, 0.6) is 5.75 Å². The van der Waals surface area contributed by atoms with Crippen molar-refractivity contribution in [1.29, 1.82) is 0 Å². The molecule has 0 aromatic heterocycles. The quantitative estimate of drug-likeness (QED) is 0.503. The minimum Gasteiger partial charge on any atom is -0.479 e. The third-order valence-electron chi connectivity index (χ3n) is 3.01. The van der Waals surface area contributed by atoms with Crippen LogP contribution in [-0.2, 0) is 4.79 Å². The smallest absolute Gasteiger partial charge is 0.335 e. The van der Waals surface area contributed by atoms with E-state index in [0.717, 1.165) is 19.3 Å². The van der Waals surface area contributed by atoms with Gasteiger partial charge >= 0.3 is 5.97 Å². The monoisotopic (exact) mass is 294 g/mol. The summed E-state index contributed by atoms with van der Waals surface area (Å²) in [5.41, 5.74) is 6.09. The van der Waals surface area contributed by atoms with Gasteiger partial charge in [-0.2, -0.15) is 0 Å². The zero-order valence-electron chi connectivity index (χ0n) is 12.4. The summed E-state index contributed by atoms with van der Waals surface area (Å²) in [4.78, 5) is 22.8. The van der Waals surface area contributed by atoms with Gasteiger partial charge in [-0.3, -0.25) is 4.79 Å². The number of aromatic carboxylic acids is 1. The third-order valence-corrected chi connectivity index (χ3v) is 3.01. The molecule has 1 atom stereocenters. The van der Waals surface area contributed by atoms with Crippen molar-refractivity contribution in [3.63, 3.8) is 0 Å². The van der Waals surface area contributed by atoms with Crippen LogP contribution in [0.1, 0.15) is 43.5 Å². The highest BCUT2D eigenvalue weighted by Crippen LogP contribution is 2.24. The van der Waals surface area contributed by atoms with E-state index >= 15 is 0 Å². The van der Waals surface area contributed by atoms with Gasteiger partial charge in [0.25, 0.3) is 5.91 Å². The van der Waals surface area contributed by atoms with Gasteiger partial charge in [-0.05, 0) is 31.5 Å². The maximum atomic E-state index is 11.8. The number of carbonyl (C=O) groups is 2. The molecular formula is C15H22N2O4. The number of amides is 1. The number of hydrogen-bond acceptors (Lipinski definition) is 4. The van der Waals surface area contributed by atoms with E-state index < -0.39 is 12.1 Å². The second-order valence-electron chi connectivity index (χ2n) is 4.82. The van der Waals surface area contributed by atoms with Gasteiger partial charge in [0.2, 0.25) is 0 Å². The third kappa shape index (κ3) is 5.33. The van der Waals surface area contributed by atoms with Crippen LogP contribution in [0.3, 0.4) is 0 Å². The molecule has 0 saturated carbocycles. The van der Waals surface area contributed by atoms with E-state index in [4.69, 9.17) is 15.6 Å². The Morgan fingerprint density at radius 3 is 2.71 bits per heavy atom. The van der Waals surface area contributed by atoms with E-state index in [0.29, 0.717) is 12.2 Å². The van der Waals surface area contributed by atoms with Crippen LogP contribution in [0.25, 0.3) is 0 Å². The van der Waals surface area contributed by atoms with Crippen molar-refractivity contribution in [2.24, 2.45) is 0 Å². The molecule has 1 amide bonds. The number of anilines is 1. The Labute approximate surface area is 124 Å². The lowest BCUT2D eigenvalue weighted by atomic mass is 10.2. The molecule has 6 nitrogen and oxygen atoms in total. The minimum absolute atomic E-state index is 0.0646. The molecule has 1 unspecified atom stereocenters. The van der Waals surface area contributed by atoms with Gasteiger partial charge in [0.1, 0.15) is 5.75 Å². The summed E-state index contributed by atoms with van der Waals surface area (Å²) >= 11 is 0. The highest BCUT2D eigenvalue weighted by atomic mass is 16.5. The predicted octanol–water partition coefficient (Wildman–Crippen LogP) is 2.04. The number of carboxylic acid groups (broad SMARTS) is 1. The second-order valence-corrected chi connectivity index (χ2v) is 4.82. The molecule has 0 fully saturated rings. The molecule has 0 aliphatic heterocycles. The van der Waals surface area contributed by atoms with E-state index in [2.05, 4.69) is 12.2 Å². The Kier molecular flexibility index (Phi) is 6.52. The maximum absolute atomic E-state index is 11.8. The summed E-state index contributed by atoms with van der Waals surface area (Å²) in [6.45, 7) is 4.29. The average Bonchev–Trinajstić information content (AvgIpc) is 2.45. The van der Waals surface area contributed by atoms with Gasteiger partial charge in [-0.1, -0.05) is 19.8 Å². The summed E-state index contributed by atoms with van der Waals surface area (Å²) < 4.78 is 5.45. The molecule has 1 rings (SSSR count). The number of nitrogens with one attached hydrogen (secondary N) is 1. The molecule has 0 spiro atoms. The van der Waals surface area contributed by atoms with Crippen molar-refractivity contribution in [2.45, 2.75) is 39.2 Å². The molecule has 6 heteroatoms. The fourth-order valence-electron chi connectivity index (χ4n) is 1.74. The van der Waals surface area contributed by atoms with Crippen LogP contribution in [0.2, 0.25) is 0 Å². The van der Waals surface area contributed by atoms with Gasteiger partial charge < -0.3 is 20.9 Å². The lowest BCUT2D eigenvalue weighted by Gasteiger charge is -2.16. The average molecular weight is 294 g/mol. The molecule has 0 heterocycles. The van der Waals surface area contributed by atoms with E-state index in [1.54, 1.807) is 6.92 Å². The number of nitrogen functional groups attached to an aromatic ring is 1. The first-order valence-electron chi connectivity index (χ1n) is 7.03. The van der Waals surface area contributed by atoms with Gasteiger partial charge in [0, 0.05) is 6.54 Å². The van der Waals surface area contributed by atoms with Crippen LogP contribution in [0, 0.1) is 0 Å². The van der Waals surface area contributed by atoms with E-state index in [1.807, 2.05) is 0 Å². The Morgan fingerprint density at radius 2 is 2.10 bits per heavy atom. The predicted molar refractivity (Wildman–Crippen MR) is 80.4 cm³/mol. The molecule has 0 aliphatic carbocycles. The number of unbranched alkanes of at least 4 members (excludes halogenated alkanes) is 2. The van der Waals surface area contributed by atoms with Crippen molar-refractivity contribution in [1.82, 2.24) is 5.32 Å². The molecule has 21 heavy (non-hydrogen) atoms. The summed E-state index contributed by atoms with van der Waals surface area (Å²) in [5, 5.41) is 11.7. The molecule has 1 aromatic carbocycles. The Hall–Kier alpha value is -2.24. The van der Waals surface area contributed by atoms with Crippen LogP contribution in [-0.4, -0.2) is 29.6 Å². The lowest BCUT2D eigenvalue weighted by molar-refractivity contribution is -0.127. The summed E-state index contributed by atoms with van der Waals surface area (Å²) in [5.74, 6) is -1.12. The zero-order valence-corrected chi connectivity index (χ0v) is 12.4. The van der Waals surface area contributed by atoms with Crippen LogP contribution < -0.4 is 15.8 Å². The van der Waals surface area contributed by atoms with Crippen molar-refractivity contribution < 1.29 is 19.4 Å². The van der Waals surface area contributed by atoms with Crippen LogP contribution in [0.15, 0.2) is 18.2 Å². The number of rotatable bonds is 8. The van der Waals surface area contributed by atoms with E-state index in [-0.39, 0.29) is 17.2 Å². The Bertz CT molecular complexity index is 502. The van der Waals surface area contributed by atoms with Crippen molar-refractivity contribution in [2.75, 3.05) is 12.3 Å². The highest BCUT2D eigenvalue weighted by molar-refractivity contribution is 5.89. The minimum atomic E-state index is -1.07. The number of carboxylic acids is 1. The molecule has 1 aromatic rings. The van der Waals surface area contributed by atoms with Crippen molar-refractivity contribution >= 4 is 17.6 Å². The molecule has 0 bridgehead atoms. The van der Waals surface area contributed by atoms with Gasteiger partial charge in [0.05, 0.1) is 11.3 Å². The molecule has 0 aliphatic rings. The van der Waals surface area contributed by atoms with Gasteiger partial charge in [0.15, 0.2) is 6.10 Å². The Balaban J connectivity index is 2.61. The fourth-order valence-corrected chi connectivity index (χ4v) is 1.74. The number of carbonyl (C=O) groups excluding carboxylic acids is 1. The molecule has 4 N–H and O–H groups in total. The highest BCUT2D eigenvalue weighted by Gasteiger charge is 2.16. The SMILES string of the molecule is CCCCCNC(=O)C(C)Oc1cc(C(=O)O)ccc1N. The summed E-state index contributed by atoms with van der Waals surface area (Å²) in [6, 6.07) is 4.16.